The molecule has 0 radical (unpaired) electrons. The fraction of sp³-hybridized carbons (Fsp3) is 0.474. The summed E-state index contributed by atoms with van der Waals surface area (Å²) in [5, 5.41) is 3.45. The minimum Gasteiger partial charge on any atom is -0.356 e. The zero-order chi connectivity index (χ0) is 16.1. The van der Waals surface area contributed by atoms with Crippen molar-refractivity contribution in [3.8, 4) is 0 Å². The van der Waals surface area contributed by atoms with Gasteiger partial charge in [-0.15, -0.1) is 0 Å². The third-order valence-corrected chi connectivity index (χ3v) is 4.42. The van der Waals surface area contributed by atoms with Gasteiger partial charge in [0.15, 0.2) is 0 Å². The van der Waals surface area contributed by atoms with Crippen LogP contribution in [0.15, 0.2) is 36.4 Å². The van der Waals surface area contributed by atoms with Gasteiger partial charge in [0, 0.05) is 24.8 Å². The second-order valence-electron chi connectivity index (χ2n) is 6.37. The number of benzene rings is 1. The highest BCUT2D eigenvalue weighted by Gasteiger charge is 2.14. The van der Waals surface area contributed by atoms with Crippen LogP contribution in [0.2, 0.25) is 0 Å². The molecule has 0 aliphatic carbocycles. The van der Waals surface area contributed by atoms with Gasteiger partial charge in [-0.3, -0.25) is 0 Å². The summed E-state index contributed by atoms with van der Waals surface area (Å²) in [4.78, 5) is 11.7. The number of nitrogens with zero attached hydrogens (tertiary/aromatic N) is 3. The molecule has 1 aromatic heterocycles. The summed E-state index contributed by atoms with van der Waals surface area (Å²) in [6, 6.07) is 12.7. The molecule has 4 nitrogen and oxygen atoms in total. The molecule has 122 valence electrons. The molecule has 1 aromatic carbocycles. The molecule has 0 bridgehead atoms. The summed E-state index contributed by atoms with van der Waals surface area (Å²) in [7, 11) is 0. The average molecular weight is 310 g/mol. The smallest absolute Gasteiger partial charge is 0.225 e. The molecule has 3 rings (SSSR count). The summed E-state index contributed by atoms with van der Waals surface area (Å²) in [5.74, 6) is 1.78. The van der Waals surface area contributed by atoms with Crippen molar-refractivity contribution in [2.45, 2.75) is 45.6 Å². The second-order valence-corrected chi connectivity index (χ2v) is 6.37. The van der Waals surface area contributed by atoms with Gasteiger partial charge in [-0.1, -0.05) is 43.2 Å². The number of anilines is 2. The van der Waals surface area contributed by atoms with Crippen LogP contribution >= 0.6 is 0 Å². The second kappa shape index (κ2) is 7.44. The summed E-state index contributed by atoms with van der Waals surface area (Å²) >= 11 is 0. The fourth-order valence-electron chi connectivity index (χ4n) is 3.10. The molecule has 1 aliphatic heterocycles. The van der Waals surface area contributed by atoms with Crippen LogP contribution < -0.4 is 10.2 Å². The van der Waals surface area contributed by atoms with Gasteiger partial charge in [0.2, 0.25) is 5.95 Å². The van der Waals surface area contributed by atoms with Gasteiger partial charge in [0.1, 0.15) is 5.82 Å². The van der Waals surface area contributed by atoms with Crippen molar-refractivity contribution in [1.29, 1.82) is 0 Å². The molecule has 2 heterocycles. The Balaban J connectivity index is 1.77. The standard InChI is InChI=1S/C19H26N4/c1-15-14-18(23-12-8-3-4-9-13-23)22-19(20-15)21-16(2)17-10-6-5-7-11-17/h5-7,10-11,14,16H,3-4,8-9,12-13H2,1-2H3,(H,20,21,22). The lowest BCUT2D eigenvalue weighted by Gasteiger charge is -2.23. The molecule has 1 fully saturated rings. The van der Waals surface area contributed by atoms with E-state index in [9.17, 15) is 0 Å². The molecule has 4 heteroatoms. The third-order valence-electron chi connectivity index (χ3n) is 4.42. The topological polar surface area (TPSA) is 41.1 Å². The highest BCUT2D eigenvalue weighted by Crippen LogP contribution is 2.22. The number of nitrogens with one attached hydrogen (secondary N) is 1. The first-order valence-corrected chi connectivity index (χ1v) is 8.64. The molecule has 2 aromatic rings. The van der Waals surface area contributed by atoms with Crippen molar-refractivity contribution in [3.63, 3.8) is 0 Å². The first-order chi connectivity index (χ1) is 11.2. The van der Waals surface area contributed by atoms with E-state index in [0.717, 1.165) is 30.5 Å². The van der Waals surface area contributed by atoms with E-state index in [0.29, 0.717) is 0 Å². The van der Waals surface area contributed by atoms with Crippen LogP contribution in [0, 0.1) is 6.92 Å². The number of rotatable bonds is 4. The van der Waals surface area contributed by atoms with Crippen molar-refractivity contribution in [2.24, 2.45) is 0 Å². The maximum atomic E-state index is 4.77. The average Bonchev–Trinajstić information content (AvgIpc) is 2.84. The Morgan fingerprint density at radius 3 is 2.39 bits per heavy atom. The summed E-state index contributed by atoms with van der Waals surface area (Å²) in [6.45, 7) is 6.39. The summed E-state index contributed by atoms with van der Waals surface area (Å²) in [5.41, 5.74) is 2.26. The third kappa shape index (κ3) is 4.21. The lowest BCUT2D eigenvalue weighted by Crippen LogP contribution is -2.25. The molecule has 1 N–H and O–H groups in total. The number of aromatic nitrogens is 2. The number of aryl methyl sites for hydroxylation is 1. The maximum absolute atomic E-state index is 4.77. The molecule has 0 saturated carbocycles. The lowest BCUT2D eigenvalue weighted by atomic mass is 10.1. The van der Waals surface area contributed by atoms with Gasteiger partial charge in [-0.2, -0.15) is 4.98 Å². The monoisotopic (exact) mass is 310 g/mol. The first-order valence-electron chi connectivity index (χ1n) is 8.64. The van der Waals surface area contributed by atoms with E-state index in [-0.39, 0.29) is 6.04 Å². The Morgan fingerprint density at radius 2 is 1.70 bits per heavy atom. The van der Waals surface area contributed by atoms with E-state index >= 15 is 0 Å². The summed E-state index contributed by atoms with van der Waals surface area (Å²) in [6.07, 6.45) is 5.17. The molecule has 23 heavy (non-hydrogen) atoms. The highest BCUT2D eigenvalue weighted by atomic mass is 15.2. The summed E-state index contributed by atoms with van der Waals surface area (Å²) < 4.78 is 0. The van der Waals surface area contributed by atoms with E-state index in [4.69, 9.17) is 4.98 Å². The van der Waals surface area contributed by atoms with E-state index < -0.39 is 0 Å². The van der Waals surface area contributed by atoms with Gasteiger partial charge in [0.05, 0.1) is 6.04 Å². The zero-order valence-corrected chi connectivity index (χ0v) is 14.1. The van der Waals surface area contributed by atoms with Crippen molar-refractivity contribution in [3.05, 3.63) is 47.7 Å². The van der Waals surface area contributed by atoms with Crippen LogP contribution in [0.3, 0.4) is 0 Å². The molecular formula is C19H26N4. The molecular weight excluding hydrogens is 284 g/mol. The molecule has 0 spiro atoms. The predicted molar refractivity (Wildman–Crippen MR) is 95.9 cm³/mol. The van der Waals surface area contributed by atoms with Crippen LogP contribution in [-0.2, 0) is 0 Å². The lowest BCUT2D eigenvalue weighted by molar-refractivity contribution is 0.726. The molecule has 1 saturated heterocycles. The molecule has 1 atom stereocenters. The number of hydrogen-bond donors (Lipinski definition) is 1. The predicted octanol–water partition coefficient (Wildman–Crippen LogP) is 4.34. The Bertz CT molecular complexity index is 619. The minimum absolute atomic E-state index is 0.190. The van der Waals surface area contributed by atoms with Gasteiger partial charge >= 0.3 is 0 Å². The van der Waals surface area contributed by atoms with Gasteiger partial charge in [-0.25, -0.2) is 4.98 Å². The fourth-order valence-corrected chi connectivity index (χ4v) is 3.10. The Morgan fingerprint density at radius 1 is 1.00 bits per heavy atom. The number of hydrogen-bond acceptors (Lipinski definition) is 4. The molecule has 1 unspecified atom stereocenters. The van der Waals surface area contributed by atoms with Crippen LogP contribution in [0.25, 0.3) is 0 Å². The Labute approximate surface area is 139 Å². The highest BCUT2D eigenvalue weighted by molar-refractivity contribution is 5.45. The normalized spacial score (nSPS) is 16.7. The van der Waals surface area contributed by atoms with E-state index in [1.165, 1.54) is 31.2 Å². The largest absolute Gasteiger partial charge is 0.356 e. The van der Waals surface area contributed by atoms with Crippen LogP contribution in [0.5, 0.6) is 0 Å². The van der Waals surface area contributed by atoms with E-state index in [1.54, 1.807) is 0 Å². The minimum atomic E-state index is 0.190. The van der Waals surface area contributed by atoms with Crippen molar-refractivity contribution < 1.29 is 0 Å². The van der Waals surface area contributed by atoms with Crippen molar-refractivity contribution in [2.75, 3.05) is 23.3 Å². The Hall–Kier alpha value is -2.10. The van der Waals surface area contributed by atoms with Gasteiger partial charge < -0.3 is 10.2 Å². The van der Waals surface area contributed by atoms with E-state index in [1.807, 2.05) is 13.0 Å². The SMILES string of the molecule is Cc1cc(N2CCCCCC2)nc(NC(C)c2ccccc2)n1. The van der Waals surface area contributed by atoms with E-state index in [2.05, 4.69) is 52.5 Å². The zero-order valence-electron chi connectivity index (χ0n) is 14.1. The molecule has 0 amide bonds. The Kier molecular flexibility index (Phi) is 5.11. The quantitative estimate of drug-likeness (QED) is 0.912. The van der Waals surface area contributed by atoms with Gasteiger partial charge in [-0.05, 0) is 32.3 Å². The van der Waals surface area contributed by atoms with Crippen LogP contribution in [0.1, 0.15) is 49.9 Å². The van der Waals surface area contributed by atoms with Crippen LogP contribution in [0.4, 0.5) is 11.8 Å². The van der Waals surface area contributed by atoms with Crippen molar-refractivity contribution >= 4 is 11.8 Å². The van der Waals surface area contributed by atoms with Crippen molar-refractivity contribution in [1.82, 2.24) is 9.97 Å². The van der Waals surface area contributed by atoms with Crippen LogP contribution in [-0.4, -0.2) is 23.1 Å². The van der Waals surface area contributed by atoms with Gasteiger partial charge in [0.25, 0.3) is 0 Å². The maximum Gasteiger partial charge on any atom is 0.225 e. The first kappa shape index (κ1) is 15.8. The molecule has 1 aliphatic rings.